The number of carbonyl (C=O) groups excluding carboxylic acids is 1. The molecule has 0 saturated carbocycles. The van der Waals surface area contributed by atoms with Crippen molar-refractivity contribution in [2.45, 2.75) is 18.9 Å². The molecule has 4 nitrogen and oxygen atoms in total. The minimum Gasteiger partial charge on any atom is -0.486 e. The van der Waals surface area contributed by atoms with Gasteiger partial charge in [-0.05, 0) is 48.7 Å². The van der Waals surface area contributed by atoms with Crippen LogP contribution in [0.25, 0.3) is 6.08 Å². The Kier molecular flexibility index (Phi) is 4.68. The molecule has 2 aromatic rings. The van der Waals surface area contributed by atoms with Crippen LogP contribution in [0.1, 0.15) is 29.3 Å². The Balaban J connectivity index is 1.52. The molecule has 1 amide bonds. The smallest absolute Gasteiger partial charge is 0.247 e. The zero-order valence-electron chi connectivity index (χ0n) is 13.6. The summed E-state index contributed by atoms with van der Waals surface area (Å²) in [6.45, 7) is 1.92. The maximum atomic E-state index is 12.7. The number of thiophene rings is 1. The minimum atomic E-state index is 0.0295. The van der Waals surface area contributed by atoms with E-state index in [1.165, 1.54) is 11.3 Å². The molecule has 2 aliphatic rings. The van der Waals surface area contributed by atoms with Crippen molar-refractivity contribution >= 4 is 34.9 Å². The number of hydrogen-bond acceptors (Lipinski definition) is 4. The van der Waals surface area contributed by atoms with Crippen molar-refractivity contribution in [1.29, 1.82) is 0 Å². The second-order valence-electron chi connectivity index (χ2n) is 6.07. The van der Waals surface area contributed by atoms with Gasteiger partial charge in [0.05, 0.1) is 10.4 Å². The zero-order valence-corrected chi connectivity index (χ0v) is 15.2. The molecule has 130 valence electrons. The van der Waals surface area contributed by atoms with Gasteiger partial charge in [0.1, 0.15) is 13.2 Å². The van der Waals surface area contributed by atoms with Crippen LogP contribution in [0, 0.1) is 0 Å². The van der Waals surface area contributed by atoms with Gasteiger partial charge in [0, 0.05) is 17.5 Å². The van der Waals surface area contributed by atoms with Gasteiger partial charge in [-0.25, -0.2) is 0 Å². The van der Waals surface area contributed by atoms with Gasteiger partial charge in [0.2, 0.25) is 5.91 Å². The van der Waals surface area contributed by atoms with Crippen molar-refractivity contribution in [3.63, 3.8) is 0 Å². The van der Waals surface area contributed by atoms with E-state index in [9.17, 15) is 4.79 Å². The first-order valence-corrected chi connectivity index (χ1v) is 9.54. The van der Waals surface area contributed by atoms with Crippen molar-refractivity contribution in [2.24, 2.45) is 0 Å². The van der Waals surface area contributed by atoms with Crippen LogP contribution in [0.2, 0.25) is 4.34 Å². The first kappa shape index (κ1) is 16.5. The average Bonchev–Trinajstić information content (AvgIpc) is 3.28. The van der Waals surface area contributed by atoms with Crippen molar-refractivity contribution in [2.75, 3.05) is 19.8 Å². The Morgan fingerprint density at radius 1 is 1.20 bits per heavy atom. The van der Waals surface area contributed by atoms with E-state index >= 15 is 0 Å². The molecule has 1 saturated heterocycles. The third-order valence-electron chi connectivity index (χ3n) is 4.47. The van der Waals surface area contributed by atoms with Crippen molar-refractivity contribution < 1.29 is 14.3 Å². The maximum Gasteiger partial charge on any atom is 0.247 e. The maximum absolute atomic E-state index is 12.7. The molecule has 4 rings (SSSR count). The van der Waals surface area contributed by atoms with Crippen LogP contribution in [0.3, 0.4) is 0 Å². The number of hydrogen-bond donors (Lipinski definition) is 0. The second kappa shape index (κ2) is 7.10. The summed E-state index contributed by atoms with van der Waals surface area (Å²) in [4.78, 5) is 15.6. The molecule has 25 heavy (non-hydrogen) atoms. The molecule has 1 atom stereocenters. The van der Waals surface area contributed by atoms with Crippen LogP contribution < -0.4 is 9.47 Å². The summed E-state index contributed by atoms with van der Waals surface area (Å²) in [7, 11) is 0. The lowest BCUT2D eigenvalue weighted by Crippen LogP contribution is -2.29. The highest BCUT2D eigenvalue weighted by molar-refractivity contribution is 7.17. The Labute approximate surface area is 155 Å². The highest BCUT2D eigenvalue weighted by atomic mass is 35.5. The van der Waals surface area contributed by atoms with Gasteiger partial charge in [-0.2, -0.15) is 0 Å². The van der Waals surface area contributed by atoms with E-state index in [4.69, 9.17) is 21.1 Å². The first-order valence-electron chi connectivity index (χ1n) is 8.34. The van der Waals surface area contributed by atoms with Crippen molar-refractivity contribution in [1.82, 2.24) is 4.90 Å². The largest absolute Gasteiger partial charge is 0.486 e. The van der Waals surface area contributed by atoms with Gasteiger partial charge >= 0.3 is 0 Å². The molecule has 1 unspecified atom stereocenters. The Morgan fingerprint density at radius 3 is 2.84 bits per heavy atom. The molecule has 1 fully saturated rings. The quantitative estimate of drug-likeness (QED) is 0.739. The zero-order chi connectivity index (χ0) is 17.2. The summed E-state index contributed by atoms with van der Waals surface area (Å²) in [5.74, 6) is 1.58. The van der Waals surface area contributed by atoms with E-state index in [-0.39, 0.29) is 11.9 Å². The van der Waals surface area contributed by atoms with Gasteiger partial charge < -0.3 is 14.4 Å². The Bertz CT molecular complexity index is 817. The summed E-state index contributed by atoms with van der Waals surface area (Å²) < 4.78 is 12.0. The monoisotopic (exact) mass is 375 g/mol. The van der Waals surface area contributed by atoms with E-state index in [0.29, 0.717) is 13.2 Å². The summed E-state index contributed by atoms with van der Waals surface area (Å²) >= 11 is 7.39. The molecule has 0 spiro atoms. The normalized spacial score (nSPS) is 19.6. The lowest BCUT2D eigenvalue weighted by Gasteiger charge is -2.26. The number of nitrogens with zero attached hydrogens (tertiary/aromatic N) is 1. The summed E-state index contributed by atoms with van der Waals surface area (Å²) in [5.41, 5.74) is 1.10. The molecule has 1 aromatic carbocycles. The fourth-order valence-corrected chi connectivity index (χ4v) is 4.27. The number of benzene rings is 1. The van der Waals surface area contributed by atoms with E-state index in [2.05, 4.69) is 0 Å². The molecule has 2 aliphatic heterocycles. The van der Waals surface area contributed by atoms with Gasteiger partial charge in [-0.1, -0.05) is 17.7 Å². The van der Waals surface area contributed by atoms with Crippen molar-refractivity contribution in [3.05, 3.63) is 51.2 Å². The number of carbonyl (C=O) groups is 1. The molecule has 0 radical (unpaired) electrons. The first-order chi connectivity index (χ1) is 12.2. The lowest BCUT2D eigenvalue weighted by molar-refractivity contribution is -0.126. The number of fused-ring (bicyclic) bond motifs is 1. The fourth-order valence-electron chi connectivity index (χ4n) is 3.31. The predicted molar refractivity (Wildman–Crippen MR) is 99.5 cm³/mol. The predicted octanol–water partition coefficient (Wildman–Crippen LogP) is 4.55. The van der Waals surface area contributed by atoms with Crippen LogP contribution in [0.4, 0.5) is 0 Å². The van der Waals surface area contributed by atoms with Gasteiger partial charge in [0.25, 0.3) is 0 Å². The molecule has 0 N–H and O–H groups in total. The number of halogens is 1. The third-order valence-corrected chi connectivity index (χ3v) is 5.67. The number of ether oxygens (including phenoxy) is 2. The SMILES string of the molecule is O=C(/C=C/c1ccc(Cl)s1)N1CCCC1c1ccc2c(c1)OCCO2. The fraction of sp³-hybridized carbons (Fsp3) is 0.316. The van der Waals surface area contributed by atoms with E-state index in [0.717, 1.165) is 45.7 Å². The Hall–Kier alpha value is -1.98. The van der Waals surface area contributed by atoms with Crippen molar-refractivity contribution in [3.8, 4) is 11.5 Å². The highest BCUT2D eigenvalue weighted by Gasteiger charge is 2.29. The number of rotatable bonds is 3. The Morgan fingerprint density at radius 2 is 2.04 bits per heavy atom. The lowest BCUT2D eigenvalue weighted by atomic mass is 10.0. The summed E-state index contributed by atoms with van der Waals surface area (Å²) in [6.07, 6.45) is 5.43. The standard InChI is InChI=1S/C19H18ClNO3S/c20-18-7-4-14(25-18)5-8-19(22)21-9-1-2-15(21)13-3-6-16-17(12-13)24-11-10-23-16/h3-8,12,15H,1-2,9-11H2/b8-5+. The van der Waals surface area contributed by atoms with Gasteiger partial charge in [-0.15, -0.1) is 11.3 Å². The minimum absolute atomic E-state index is 0.0295. The molecule has 0 bridgehead atoms. The molecular formula is C19H18ClNO3S. The molecular weight excluding hydrogens is 358 g/mol. The van der Waals surface area contributed by atoms with Gasteiger partial charge in [0.15, 0.2) is 11.5 Å². The van der Waals surface area contributed by atoms with E-state index < -0.39 is 0 Å². The highest BCUT2D eigenvalue weighted by Crippen LogP contribution is 2.38. The van der Waals surface area contributed by atoms with Crippen LogP contribution in [0.5, 0.6) is 11.5 Å². The molecule has 1 aromatic heterocycles. The van der Waals surface area contributed by atoms with Crippen LogP contribution >= 0.6 is 22.9 Å². The molecule has 3 heterocycles. The molecule has 0 aliphatic carbocycles. The van der Waals surface area contributed by atoms with E-state index in [1.807, 2.05) is 41.3 Å². The number of amides is 1. The van der Waals surface area contributed by atoms with Crippen LogP contribution in [-0.4, -0.2) is 30.6 Å². The topological polar surface area (TPSA) is 38.8 Å². The summed E-state index contributed by atoms with van der Waals surface area (Å²) in [5, 5.41) is 0. The van der Waals surface area contributed by atoms with Crippen LogP contribution in [-0.2, 0) is 4.79 Å². The summed E-state index contributed by atoms with van der Waals surface area (Å²) in [6, 6.07) is 9.82. The second-order valence-corrected chi connectivity index (χ2v) is 7.81. The van der Waals surface area contributed by atoms with E-state index in [1.54, 1.807) is 6.08 Å². The number of likely N-dealkylation sites (tertiary alicyclic amines) is 1. The van der Waals surface area contributed by atoms with Gasteiger partial charge in [-0.3, -0.25) is 4.79 Å². The third kappa shape index (κ3) is 3.53. The average molecular weight is 376 g/mol. The van der Waals surface area contributed by atoms with Crippen LogP contribution in [0.15, 0.2) is 36.4 Å². The molecule has 6 heteroatoms.